The summed E-state index contributed by atoms with van der Waals surface area (Å²) in [6, 6.07) is 1.57. The van der Waals surface area contributed by atoms with Gasteiger partial charge in [0.1, 0.15) is 5.03 Å². The fraction of sp³-hybridized carbons (Fsp3) is 0.400. The Morgan fingerprint density at radius 1 is 1.67 bits per heavy atom. The fourth-order valence-electron chi connectivity index (χ4n) is 1.06. The third-order valence-electron chi connectivity index (χ3n) is 1.80. The summed E-state index contributed by atoms with van der Waals surface area (Å²) in [5, 5.41) is 0.694. The second-order valence-corrected chi connectivity index (χ2v) is 4.00. The van der Waals surface area contributed by atoms with E-state index in [0.29, 0.717) is 16.3 Å². The number of hydrogen-bond donors (Lipinski definition) is 1. The van der Waals surface area contributed by atoms with Crippen LogP contribution in [-0.4, -0.2) is 23.8 Å². The number of nitrogens with zero attached hydrogens (tertiary/aromatic N) is 1. The predicted octanol–water partition coefficient (Wildman–Crippen LogP) is 1.95. The molecule has 0 spiro atoms. The summed E-state index contributed by atoms with van der Waals surface area (Å²) in [6.45, 7) is 2.08. The van der Waals surface area contributed by atoms with E-state index in [1.54, 1.807) is 24.0 Å². The average Bonchev–Trinajstić information content (AvgIpc) is 2.27. The Kier molecular flexibility index (Phi) is 4.42. The van der Waals surface area contributed by atoms with Crippen LogP contribution < -0.4 is 5.73 Å². The van der Waals surface area contributed by atoms with Crippen LogP contribution in [0, 0.1) is 0 Å². The van der Waals surface area contributed by atoms with Gasteiger partial charge in [0, 0.05) is 6.20 Å². The van der Waals surface area contributed by atoms with Gasteiger partial charge in [0.05, 0.1) is 18.4 Å². The van der Waals surface area contributed by atoms with Gasteiger partial charge in [-0.25, -0.2) is 9.78 Å². The molecular weight excluding hydrogens is 212 g/mol. The molecule has 0 atom stereocenters. The van der Waals surface area contributed by atoms with Crippen LogP contribution in [0.1, 0.15) is 23.7 Å². The Labute approximate surface area is 93.2 Å². The summed E-state index contributed by atoms with van der Waals surface area (Å²) >= 11 is 1.55. The molecule has 2 N–H and O–H groups in total. The molecule has 1 heterocycles. The fourth-order valence-corrected chi connectivity index (χ4v) is 1.85. The molecule has 0 unspecified atom stereocenters. The highest BCUT2D eigenvalue weighted by Crippen LogP contribution is 2.26. The molecule has 0 aromatic carbocycles. The summed E-state index contributed by atoms with van der Waals surface area (Å²) in [5.41, 5.74) is 6.60. The zero-order valence-electron chi connectivity index (χ0n) is 8.82. The maximum atomic E-state index is 11.3. The quantitative estimate of drug-likeness (QED) is 0.628. The molecule has 0 aliphatic rings. The van der Waals surface area contributed by atoms with Crippen LogP contribution in [0.5, 0.6) is 0 Å². The molecule has 0 bridgehead atoms. The minimum Gasteiger partial charge on any atom is -0.465 e. The first-order chi connectivity index (χ1) is 7.20. The van der Waals surface area contributed by atoms with Crippen LogP contribution in [0.2, 0.25) is 0 Å². The Bertz CT molecular complexity index is 355. The number of nitrogens with two attached hydrogens (primary N) is 1. The number of thioether (sulfide) groups is 1. The molecule has 1 aromatic heterocycles. The summed E-state index contributed by atoms with van der Waals surface area (Å²) < 4.78 is 4.62. The van der Waals surface area contributed by atoms with E-state index >= 15 is 0 Å². The number of carbonyl (C=O) groups excluding carboxylic acids is 1. The van der Waals surface area contributed by atoms with Crippen molar-refractivity contribution in [3.63, 3.8) is 0 Å². The lowest BCUT2D eigenvalue weighted by atomic mass is 10.2. The molecular formula is C10H14N2O2S. The highest BCUT2D eigenvalue weighted by molar-refractivity contribution is 7.99. The minimum absolute atomic E-state index is 0.381. The van der Waals surface area contributed by atoms with Gasteiger partial charge in [-0.3, -0.25) is 0 Å². The highest BCUT2D eigenvalue weighted by Gasteiger charge is 2.13. The van der Waals surface area contributed by atoms with Gasteiger partial charge in [-0.1, -0.05) is 6.92 Å². The summed E-state index contributed by atoms with van der Waals surface area (Å²) in [6.07, 6.45) is 2.61. The molecule has 82 valence electrons. The minimum atomic E-state index is -0.423. The molecule has 1 aromatic rings. The maximum Gasteiger partial charge on any atom is 0.340 e. The molecule has 0 saturated heterocycles. The molecule has 0 radical (unpaired) electrons. The number of anilines is 1. The van der Waals surface area contributed by atoms with Gasteiger partial charge in [0.25, 0.3) is 0 Å². The molecule has 0 amide bonds. The van der Waals surface area contributed by atoms with Crippen molar-refractivity contribution in [2.45, 2.75) is 18.4 Å². The van der Waals surface area contributed by atoms with Crippen LogP contribution >= 0.6 is 11.8 Å². The number of carbonyl (C=O) groups is 1. The molecule has 0 aliphatic heterocycles. The smallest absolute Gasteiger partial charge is 0.340 e. The SMILES string of the molecule is CCCSc1nccc(C(=O)OC)c1N. The lowest BCUT2D eigenvalue weighted by Gasteiger charge is -2.07. The Balaban J connectivity index is 2.95. The monoisotopic (exact) mass is 226 g/mol. The van der Waals surface area contributed by atoms with Crippen molar-refractivity contribution in [2.75, 3.05) is 18.6 Å². The second-order valence-electron chi connectivity index (χ2n) is 2.92. The van der Waals surface area contributed by atoms with Gasteiger partial charge >= 0.3 is 5.97 Å². The Morgan fingerprint density at radius 2 is 2.40 bits per heavy atom. The average molecular weight is 226 g/mol. The van der Waals surface area contributed by atoms with Gasteiger partial charge in [-0.15, -0.1) is 11.8 Å². The van der Waals surface area contributed by atoms with E-state index in [-0.39, 0.29) is 0 Å². The van der Waals surface area contributed by atoms with Crippen molar-refractivity contribution in [3.8, 4) is 0 Å². The molecule has 4 nitrogen and oxygen atoms in total. The molecule has 15 heavy (non-hydrogen) atoms. The molecule has 0 fully saturated rings. The number of methoxy groups -OCH3 is 1. The van der Waals surface area contributed by atoms with E-state index in [0.717, 1.165) is 12.2 Å². The largest absolute Gasteiger partial charge is 0.465 e. The Morgan fingerprint density at radius 3 is 3.00 bits per heavy atom. The van der Waals surface area contributed by atoms with Gasteiger partial charge in [-0.2, -0.15) is 0 Å². The van der Waals surface area contributed by atoms with Gasteiger partial charge in [-0.05, 0) is 18.2 Å². The van der Waals surface area contributed by atoms with Crippen LogP contribution in [0.3, 0.4) is 0 Å². The standard InChI is InChI=1S/C10H14N2O2S/c1-3-6-15-9-8(11)7(4-5-12-9)10(13)14-2/h4-5H,3,6,11H2,1-2H3. The van der Waals surface area contributed by atoms with Crippen LogP contribution in [0.25, 0.3) is 0 Å². The number of esters is 1. The lowest BCUT2D eigenvalue weighted by molar-refractivity contribution is 0.0601. The lowest BCUT2D eigenvalue weighted by Crippen LogP contribution is -2.07. The van der Waals surface area contributed by atoms with Crippen LogP contribution in [-0.2, 0) is 4.74 Å². The van der Waals surface area contributed by atoms with Crippen molar-refractivity contribution in [2.24, 2.45) is 0 Å². The second kappa shape index (κ2) is 5.60. The van der Waals surface area contributed by atoms with E-state index in [4.69, 9.17) is 5.73 Å². The topological polar surface area (TPSA) is 65.2 Å². The Hall–Kier alpha value is -1.23. The summed E-state index contributed by atoms with van der Waals surface area (Å²) in [4.78, 5) is 15.4. The van der Waals surface area contributed by atoms with E-state index in [1.807, 2.05) is 0 Å². The number of ether oxygens (including phenoxy) is 1. The third-order valence-corrected chi connectivity index (χ3v) is 3.01. The summed E-state index contributed by atoms with van der Waals surface area (Å²) in [5.74, 6) is 0.509. The van der Waals surface area contributed by atoms with E-state index in [1.165, 1.54) is 7.11 Å². The first kappa shape index (κ1) is 11.8. The molecule has 0 saturated carbocycles. The van der Waals surface area contributed by atoms with Crippen LogP contribution in [0.15, 0.2) is 17.3 Å². The number of pyridine rings is 1. The van der Waals surface area contributed by atoms with E-state index in [2.05, 4.69) is 16.6 Å². The van der Waals surface area contributed by atoms with Gasteiger partial charge < -0.3 is 10.5 Å². The molecule has 0 aliphatic carbocycles. The number of hydrogen-bond acceptors (Lipinski definition) is 5. The van der Waals surface area contributed by atoms with E-state index in [9.17, 15) is 4.79 Å². The number of aromatic nitrogens is 1. The van der Waals surface area contributed by atoms with E-state index < -0.39 is 5.97 Å². The zero-order valence-corrected chi connectivity index (χ0v) is 9.63. The van der Waals surface area contributed by atoms with Crippen LogP contribution in [0.4, 0.5) is 5.69 Å². The zero-order chi connectivity index (χ0) is 11.3. The number of rotatable bonds is 4. The first-order valence-electron chi connectivity index (χ1n) is 4.66. The third kappa shape index (κ3) is 2.86. The molecule has 5 heteroatoms. The maximum absolute atomic E-state index is 11.3. The van der Waals surface area contributed by atoms with Gasteiger partial charge in [0.2, 0.25) is 0 Å². The summed E-state index contributed by atoms with van der Waals surface area (Å²) in [7, 11) is 1.33. The molecule has 1 rings (SSSR count). The first-order valence-corrected chi connectivity index (χ1v) is 5.64. The van der Waals surface area contributed by atoms with Crippen molar-refractivity contribution >= 4 is 23.4 Å². The highest BCUT2D eigenvalue weighted by atomic mass is 32.2. The van der Waals surface area contributed by atoms with Crippen molar-refractivity contribution in [1.82, 2.24) is 4.98 Å². The van der Waals surface area contributed by atoms with Crippen molar-refractivity contribution in [3.05, 3.63) is 17.8 Å². The van der Waals surface area contributed by atoms with Crippen molar-refractivity contribution < 1.29 is 9.53 Å². The normalized spacial score (nSPS) is 10.0. The van der Waals surface area contributed by atoms with Crippen molar-refractivity contribution in [1.29, 1.82) is 0 Å². The number of nitrogen functional groups attached to an aromatic ring is 1. The van der Waals surface area contributed by atoms with Gasteiger partial charge in [0.15, 0.2) is 0 Å². The predicted molar refractivity (Wildman–Crippen MR) is 61.0 cm³/mol.